The lowest BCUT2D eigenvalue weighted by Crippen LogP contribution is -2.44. The molecule has 162 valence electrons. The number of hydrogen-bond acceptors (Lipinski definition) is 7. The minimum absolute atomic E-state index is 0.321. The Hall–Kier alpha value is -3.43. The van der Waals surface area contributed by atoms with E-state index in [0.29, 0.717) is 17.7 Å². The van der Waals surface area contributed by atoms with Crippen LogP contribution in [0.5, 0.6) is 0 Å². The molecule has 0 aliphatic carbocycles. The second kappa shape index (κ2) is 9.86. The molecule has 0 unspecified atom stereocenters. The molecular weight excluding hydrogens is 394 g/mol. The van der Waals surface area contributed by atoms with Crippen LogP contribution in [-0.4, -0.2) is 60.5 Å². The smallest absolute Gasteiger partial charge is 0.337 e. The molecule has 0 bridgehead atoms. The van der Waals surface area contributed by atoms with Gasteiger partial charge in [0.1, 0.15) is 12.1 Å². The average molecular weight is 419 g/mol. The number of unbranched alkanes of at least 4 members (excludes halogenated alkanes) is 1. The molecule has 4 amide bonds. The number of ether oxygens (including phenoxy) is 2. The van der Waals surface area contributed by atoms with Gasteiger partial charge in [0.15, 0.2) is 6.61 Å². The van der Waals surface area contributed by atoms with Crippen LogP contribution in [0.1, 0.15) is 43.5 Å². The average Bonchev–Trinajstić information content (AvgIpc) is 2.94. The van der Waals surface area contributed by atoms with Crippen molar-refractivity contribution in [3.05, 3.63) is 29.8 Å². The Morgan fingerprint density at radius 3 is 2.43 bits per heavy atom. The number of benzene rings is 1. The van der Waals surface area contributed by atoms with Crippen molar-refractivity contribution in [2.24, 2.45) is 0 Å². The van der Waals surface area contributed by atoms with E-state index in [-0.39, 0.29) is 0 Å². The van der Waals surface area contributed by atoms with Crippen molar-refractivity contribution in [2.45, 2.75) is 38.6 Å². The summed E-state index contributed by atoms with van der Waals surface area (Å²) in [6.45, 7) is 2.42. The summed E-state index contributed by atoms with van der Waals surface area (Å²) in [5.41, 5.74) is -0.327. The molecule has 1 aliphatic heterocycles. The van der Waals surface area contributed by atoms with Crippen LogP contribution in [0.25, 0.3) is 0 Å². The third kappa shape index (κ3) is 5.56. The first kappa shape index (κ1) is 22.9. The molecule has 0 aromatic heterocycles. The monoisotopic (exact) mass is 419 g/mol. The summed E-state index contributed by atoms with van der Waals surface area (Å²) in [5.74, 6) is -2.49. The fraction of sp³-hybridized carbons (Fsp3) is 0.450. The van der Waals surface area contributed by atoms with Gasteiger partial charge in [-0.3, -0.25) is 19.3 Å². The molecule has 10 heteroatoms. The topological polar surface area (TPSA) is 131 Å². The number of amides is 4. The van der Waals surface area contributed by atoms with E-state index in [1.54, 1.807) is 6.92 Å². The van der Waals surface area contributed by atoms with Gasteiger partial charge in [-0.1, -0.05) is 19.8 Å². The largest absolute Gasteiger partial charge is 0.465 e. The first-order valence-corrected chi connectivity index (χ1v) is 9.48. The van der Waals surface area contributed by atoms with Crippen molar-refractivity contribution in [2.75, 3.05) is 25.6 Å². The van der Waals surface area contributed by atoms with Crippen molar-refractivity contribution in [3.8, 4) is 0 Å². The zero-order chi connectivity index (χ0) is 22.3. The van der Waals surface area contributed by atoms with Gasteiger partial charge in [-0.25, -0.2) is 9.59 Å². The summed E-state index contributed by atoms with van der Waals surface area (Å²) in [4.78, 5) is 60.6. The van der Waals surface area contributed by atoms with Gasteiger partial charge in [-0.2, -0.15) is 0 Å². The van der Waals surface area contributed by atoms with E-state index < -0.39 is 48.5 Å². The molecule has 10 nitrogen and oxygen atoms in total. The molecule has 1 heterocycles. The molecule has 0 radical (unpaired) electrons. The van der Waals surface area contributed by atoms with Crippen molar-refractivity contribution >= 4 is 35.5 Å². The second-order valence-electron chi connectivity index (χ2n) is 7.03. The maximum atomic E-state index is 12.5. The highest BCUT2D eigenvalue weighted by Crippen LogP contribution is 2.23. The number of nitrogens with one attached hydrogen (secondary N) is 2. The normalized spacial score (nSPS) is 18.0. The van der Waals surface area contributed by atoms with Crippen LogP contribution in [0.15, 0.2) is 24.3 Å². The molecular formula is C20H25N3O7. The molecule has 1 atom stereocenters. The lowest BCUT2D eigenvalue weighted by Gasteiger charge is -2.21. The molecule has 0 spiro atoms. The highest BCUT2D eigenvalue weighted by Gasteiger charge is 2.47. The van der Waals surface area contributed by atoms with Gasteiger partial charge in [0, 0.05) is 5.69 Å². The number of carbonyl (C=O) groups is 5. The first-order chi connectivity index (χ1) is 14.2. The third-order valence-corrected chi connectivity index (χ3v) is 4.62. The van der Waals surface area contributed by atoms with Crippen LogP contribution < -0.4 is 10.6 Å². The highest BCUT2D eigenvalue weighted by atomic mass is 16.5. The van der Waals surface area contributed by atoms with Crippen LogP contribution >= 0.6 is 0 Å². The molecule has 1 aromatic carbocycles. The van der Waals surface area contributed by atoms with E-state index >= 15 is 0 Å². The second-order valence-corrected chi connectivity index (χ2v) is 7.03. The molecule has 30 heavy (non-hydrogen) atoms. The van der Waals surface area contributed by atoms with Gasteiger partial charge in [0.2, 0.25) is 0 Å². The van der Waals surface area contributed by atoms with Gasteiger partial charge in [0.05, 0.1) is 12.7 Å². The Kier molecular flexibility index (Phi) is 7.51. The Morgan fingerprint density at radius 2 is 1.83 bits per heavy atom. The molecule has 0 saturated carbocycles. The minimum Gasteiger partial charge on any atom is -0.465 e. The molecule has 2 N–H and O–H groups in total. The Morgan fingerprint density at radius 1 is 1.17 bits per heavy atom. The van der Waals surface area contributed by atoms with Crippen molar-refractivity contribution < 1.29 is 33.4 Å². The van der Waals surface area contributed by atoms with Crippen LogP contribution in [0.4, 0.5) is 10.5 Å². The predicted octanol–water partition coefficient (Wildman–Crippen LogP) is 1.46. The van der Waals surface area contributed by atoms with E-state index in [2.05, 4.69) is 15.4 Å². The van der Waals surface area contributed by atoms with Crippen molar-refractivity contribution in [1.29, 1.82) is 0 Å². The SMILES string of the molecule is CCCC[C@]1(C)NC(=O)N(CC(=O)OCC(=O)Nc2ccc(C(=O)OC)cc2)C1=O. The van der Waals surface area contributed by atoms with Crippen LogP contribution in [0.3, 0.4) is 0 Å². The van der Waals surface area contributed by atoms with Gasteiger partial charge in [0.25, 0.3) is 11.8 Å². The van der Waals surface area contributed by atoms with Crippen LogP contribution in [-0.2, 0) is 23.9 Å². The summed E-state index contributed by atoms with van der Waals surface area (Å²) < 4.78 is 9.45. The maximum Gasteiger partial charge on any atom is 0.337 e. The van der Waals surface area contributed by atoms with E-state index in [9.17, 15) is 24.0 Å². The predicted molar refractivity (Wildman–Crippen MR) is 106 cm³/mol. The summed E-state index contributed by atoms with van der Waals surface area (Å²) in [7, 11) is 1.26. The van der Waals surface area contributed by atoms with Crippen molar-refractivity contribution in [1.82, 2.24) is 10.2 Å². The number of rotatable bonds is 9. The van der Waals surface area contributed by atoms with Crippen LogP contribution in [0.2, 0.25) is 0 Å². The fourth-order valence-corrected chi connectivity index (χ4v) is 2.92. The van der Waals surface area contributed by atoms with Gasteiger partial charge in [-0.15, -0.1) is 0 Å². The standard InChI is InChI=1S/C20H25N3O7/c1-4-5-10-20(2)18(27)23(19(28)22-20)11-16(25)30-12-15(24)21-14-8-6-13(7-9-14)17(26)29-3/h6-9H,4-5,10-12H2,1-3H3,(H,21,24)(H,22,28)/t20-/m0/s1. The maximum absolute atomic E-state index is 12.5. The number of anilines is 1. The van der Waals surface area contributed by atoms with Crippen LogP contribution in [0, 0.1) is 0 Å². The molecule has 1 aliphatic rings. The zero-order valence-corrected chi connectivity index (χ0v) is 17.1. The number of hydrogen-bond donors (Lipinski definition) is 2. The Bertz CT molecular complexity index is 837. The summed E-state index contributed by atoms with van der Waals surface area (Å²) in [6, 6.07) is 5.28. The molecule has 2 rings (SSSR count). The minimum atomic E-state index is -1.04. The Balaban J connectivity index is 1.82. The number of esters is 2. The number of carbonyl (C=O) groups excluding carboxylic acids is 5. The fourth-order valence-electron chi connectivity index (χ4n) is 2.92. The highest BCUT2D eigenvalue weighted by molar-refractivity contribution is 6.08. The molecule has 1 aromatic rings. The Labute approximate surface area is 173 Å². The lowest BCUT2D eigenvalue weighted by molar-refractivity contribution is -0.150. The van der Waals surface area contributed by atoms with Gasteiger partial charge >= 0.3 is 18.0 Å². The van der Waals surface area contributed by atoms with Gasteiger partial charge < -0.3 is 20.1 Å². The van der Waals surface area contributed by atoms with E-state index in [1.807, 2.05) is 6.92 Å². The summed E-state index contributed by atoms with van der Waals surface area (Å²) >= 11 is 0. The zero-order valence-electron chi connectivity index (χ0n) is 17.1. The number of urea groups is 1. The quantitative estimate of drug-likeness (QED) is 0.457. The van der Waals surface area contributed by atoms with E-state index in [0.717, 1.165) is 17.7 Å². The molecule has 1 fully saturated rings. The van der Waals surface area contributed by atoms with Crippen molar-refractivity contribution in [3.63, 3.8) is 0 Å². The van der Waals surface area contributed by atoms with Gasteiger partial charge in [-0.05, 0) is 37.6 Å². The number of methoxy groups -OCH3 is 1. The number of nitrogens with zero attached hydrogens (tertiary/aromatic N) is 1. The summed E-state index contributed by atoms with van der Waals surface area (Å²) in [5, 5.41) is 5.10. The molecule has 1 saturated heterocycles. The third-order valence-electron chi connectivity index (χ3n) is 4.62. The number of imide groups is 1. The van der Waals surface area contributed by atoms with E-state index in [1.165, 1.54) is 31.4 Å². The van der Waals surface area contributed by atoms with E-state index in [4.69, 9.17) is 4.74 Å². The first-order valence-electron chi connectivity index (χ1n) is 9.48. The summed E-state index contributed by atoms with van der Waals surface area (Å²) in [6.07, 6.45) is 2.08. The lowest BCUT2D eigenvalue weighted by atomic mass is 9.95.